The zero-order valence-electron chi connectivity index (χ0n) is 9.03. The van der Waals surface area contributed by atoms with Gasteiger partial charge in [-0.05, 0) is 17.7 Å². The van der Waals surface area contributed by atoms with Gasteiger partial charge in [0.15, 0.2) is 11.5 Å². The van der Waals surface area contributed by atoms with Crippen LogP contribution in [0.25, 0.3) is 0 Å². The summed E-state index contributed by atoms with van der Waals surface area (Å²) in [6, 6.07) is 3.90. The molecule has 0 spiro atoms. The summed E-state index contributed by atoms with van der Waals surface area (Å²) in [5.74, 6) is 2.28. The molecule has 0 fully saturated rings. The average molecular weight is 260 g/mol. The average Bonchev–Trinajstić information content (AvgIpc) is 2.74. The molecule has 1 aliphatic heterocycles. The van der Waals surface area contributed by atoms with Crippen molar-refractivity contribution < 1.29 is 9.47 Å². The van der Waals surface area contributed by atoms with Gasteiger partial charge in [0.2, 0.25) is 6.79 Å². The molecule has 88 valence electrons. The van der Waals surface area contributed by atoms with Gasteiger partial charge < -0.3 is 15.2 Å². The molecular formula is C11H14ClNO2S. The van der Waals surface area contributed by atoms with Crippen LogP contribution in [0.5, 0.6) is 11.5 Å². The van der Waals surface area contributed by atoms with Crippen molar-refractivity contribution in [3.05, 3.63) is 22.7 Å². The summed E-state index contributed by atoms with van der Waals surface area (Å²) >= 11 is 7.89. The molecule has 1 atom stereocenters. The SMILES string of the molecule is CC(CN)SCc1cc(Cl)c2c(c1)OCO2. The van der Waals surface area contributed by atoms with Crippen molar-refractivity contribution in [3.8, 4) is 11.5 Å². The second-order valence-corrected chi connectivity index (χ2v) is 5.50. The summed E-state index contributed by atoms with van der Waals surface area (Å²) in [5.41, 5.74) is 6.70. The fourth-order valence-electron chi connectivity index (χ4n) is 1.41. The Hall–Kier alpha value is -0.580. The van der Waals surface area contributed by atoms with E-state index in [1.807, 2.05) is 12.1 Å². The van der Waals surface area contributed by atoms with E-state index in [1.54, 1.807) is 11.8 Å². The first-order valence-electron chi connectivity index (χ1n) is 5.10. The highest BCUT2D eigenvalue weighted by molar-refractivity contribution is 7.99. The number of hydrogen-bond acceptors (Lipinski definition) is 4. The molecule has 0 aromatic heterocycles. The van der Waals surface area contributed by atoms with Crippen molar-refractivity contribution in [1.82, 2.24) is 0 Å². The van der Waals surface area contributed by atoms with Crippen LogP contribution in [0.1, 0.15) is 12.5 Å². The van der Waals surface area contributed by atoms with Gasteiger partial charge in [-0.2, -0.15) is 11.8 Å². The molecule has 0 radical (unpaired) electrons. The second-order valence-electron chi connectivity index (χ2n) is 3.67. The number of halogens is 1. The minimum Gasteiger partial charge on any atom is -0.454 e. The first-order valence-corrected chi connectivity index (χ1v) is 6.53. The molecule has 5 heteroatoms. The molecule has 0 saturated carbocycles. The fraction of sp³-hybridized carbons (Fsp3) is 0.455. The predicted octanol–water partition coefficient (Wildman–Crippen LogP) is 2.65. The fourth-order valence-corrected chi connectivity index (χ4v) is 2.48. The van der Waals surface area contributed by atoms with Gasteiger partial charge in [0.05, 0.1) is 5.02 Å². The molecule has 1 aliphatic rings. The molecule has 1 aromatic rings. The summed E-state index contributed by atoms with van der Waals surface area (Å²) in [4.78, 5) is 0. The standard InChI is InChI=1S/C11H14ClNO2S/c1-7(4-13)16-5-8-2-9(12)11-10(3-8)14-6-15-11/h2-3,7H,4-6,13H2,1H3. The molecule has 2 N–H and O–H groups in total. The molecule has 16 heavy (non-hydrogen) atoms. The topological polar surface area (TPSA) is 44.5 Å². The van der Waals surface area contributed by atoms with Gasteiger partial charge in [0.1, 0.15) is 0 Å². The summed E-state index contributed by atoms with van der Waals surface area (Å²) in [7, 11) is 0. The lowest BCUT2D eigenvalue weighted by Crippen LogP contribution is -2.12. The summed E-state index contributed by atoms with van der Waals surface area (Å²) in [6.45, 7) is 3.05. The van der Waals surface area contributed by atoms with Crippen LogP contribution in [0, 0.1) is 0 Å². The van der Waals surface area contributed by atoms with Gasteiger partial charge in [-0.25, -0.2) is 0 Å². The summed E-state index contributed by atoms with van der Waals surface area (Å²) in [6.07, 6.45) is 0. The molecule has 1 heterocycles. The summed E-state index contributed by atoms with van der Waals surface area (Å²) < 4.78 is 10.6. The van der Waals surface area contributed by atoms with E-state index in [1.165, 1.54) is 0 Å². The van der Waals surface area contributed by atoms with Gasteiger partial charge in [-0.15, -0.1) is 0 Å². The van der Waals surface area contributed by atoms with Crippen LogP contribution in [-0.4, -0.2) is 18.6 Å². The Morgan fingerprint density at radius 2 is 2.31 bits per heavy atom. The van der Waals surface area contributed by atoms with Gasteiger partial charge >= 0.3 is 0 Å². The van der Waals surface area contributed by atoms with E-state index in [0.29, 0.717) is 22.6 Å². The molecule has 0 saturated heterocycles. The van der Waals surface area contributed by atoms with Gasteiger partial charge in [0.25, 0.3) is 0 Å². The Bertz CT molecular complexity index is 386. The maximum atomic E-state index is 6.09. The maximum absolute atomic E-state index is 6.09. The number of thioether (sulfide) groups is 1. The third-order valence-corrected chi connectivity index (χ3v) is 3.90. The summed E-state index contributed by atoms with van der Waals surface area (Å²) in [5, 5.41) is 1.06. The van der Waals surface area contributed by atoms with E-state index < -0.39 is 0 Å². The Balaban J connectivity index is 2.08. The molecule has 2 rings (SSSR count). The Kier molecular flexibility index (Phi) is 3.84. The molecule has 0 amide bonds. The normalized spacial score (nSPS) is 15.2. The highest BCUT2D eigenvalue weighted by Gasteiger charge is 2.18. The van der Waals surface area contributed by atoms with Crippen LogP contribution in [0.15, 0.2) is 12.1 Å². The number of hydrogen-bond donors (Lipinski definition) is 1. The van der Waals surface area contributed by atoms with Crippen LogP contribution < -0.4 is 15.2 Å². The third-order valence-electron chi connectivity index (χ3n) is 2.35. The predicted molar refractivity (Wildman–Crippen MR) is 67.4 cm³/mol. The highest BCUT2D eigenvalue weighted by Crippen LogP contribution is 2.40. The number of benzene rings is 1. The maximum Gasteiger partial charge on any atom is 0.231 e. The highest BCUT2D eigenvalue weighted by atomic mass is 35.5. The largest absolute Gasteiger partial charge is 0.454 e. The van der Waals surface area contributed by atoms with Crippen molar-refractivity contribution in [1.29, 1.82) is 0 Å². The lowest BCUT2D eigenvalue weighted by Gasteiger charge is -2.09. The van der Waals surface area contributed by atoms with Crippen molar-refractivity contribution in [2.45, 2.75) is 17.9 Å². The van der Waals surface area contributed by atoms with Gasteiger partial charge in [0, 0.05) is 17.5 Å². The molecule has 1 aromatic carbocycles. The van der Waals surface area contributed by atoms with Crippen LogP contribution in [0.3, 0.4) is 0 Å². The monoisotopic (exact) mass is 259 g/mol. The number of fused-ring (bicyclic) bond motifs is 1. The third kappa shape index (κ3) is 2.56. The van der Waals surface area contributed by atoms with Crippen molar-refractivity contribution >= 4 is 23.4 Å². The van der Waals surface area contributed by atoms with E-state index in [9.17, 15) is 0 Å². The van der Waals surface area contributed by atoms with Crippen LogP contribution in [0.4, 0.5) is 0 Å². The molecule has 3 nitrogen and oxygen atoms in total. The van der Waals surface area contributed by atoms with E-state index >= 15 is 0 Å². The first-order chi connectivity index (χ1) is 7.70. The smallest absolute Gasteiger partial charge is 0.231 e. The minimum absolute atomic E-state index is 0.255. The van der Waals surface area contributed by atoms with Crippen LogP contribution in [0.2, 0.25) is 5.02 Å². The van der Waals surface area contributed by atoms with E-state index in [2.05, 4.69) is 6.92 Å². The van der Waals surface area contributed by atoms with Gasteiger partial charge in [-0.3, -0.25) is 0 Å². The lowest BCUT2D eigenvalue weighted by molar-refractivity contribution is 0.174. The van der Waals surface area contributed by atoms with Crippen molar-refractivity contribution in [2.75, 3.05) is 13.3 Å². The van der Waals surface area contributed by atoms with E-state index in [0.717, 1.165) is 17.1 Å². The minimum atomic E-state index is 0.255. The zero-order chi connectivity index (χ0) is 11.5. The van der Waals surface area contributed by atoms with Gasteiger partial charge in [-0.1, -0.05) is 18.5 Å². The quantitative estimate of drug-likeness (QED) is 0.903. The van der Waals surface area contributed by atoms with Crippen LogP contribution >= 0.6 is 23.4 Å². The molecular weight excluding hydrogens is 246 g/mol. The second kappa shape index (κ2) is 5.17. The zero-order valence-corrected chi connectivity index (χ0v) is 10.6. The van der Waals surface area contributed by atoms with Crippen LogP contribution in [-0.2, 0) is 5.75 Å². The first kappa shape index (κ1) is 11.9. The Morgan fingerprint density at radius 3 is 3.06 bits per heavy atom. The van der Waals surface area contributed by atoms with Crippen molar-refractivity contribution in [2.24, 2.45) is 5.73 Å². The van der Waals surface area contributed by atoms with E-state index in [-0.39, 0.29) is 6.79 Å². The Labute approximate surface area is 104 Å². The molecule has 1 unspecified atom stereocenters. The lowest BCUT2D eigenvalue weighted by atomic mass is 10.2. The molecule has 0 bridgehead atoms. The van der Waals surface area contributed by atoms with Crippen molar-refractivity contribution in [3.63, 3.8) is 0 Å². The number of rotatable bonds is 4. The number of nitrogens with two attached hydrogens (primary N) is 1. The molecule has 0 aliphatic carbocycles. The number of ether oxygens (including phenoxy) is 2. The van der Waals surface area contributed by atoms with E-state index in [4.69, 9.17) is 26.8 Å². The Morgan fingerprint density at radius 1 is 1.50 bits per heavy atom.